The molecule has 2 heterocycles. The van der Waals surface area contributed by atoms with Gasteiger partial charge in [0.2, 0.25) is 5.78 Å². The molecule has 0 fully saturated rings. The molecule has 4 heteroatoms. The van der Waals surface area contributed by atoms with Crippen LogP contribution in [0, 0.1) is 27.7 Å². The molecule has 17 heavy (non-hydrogen) atoms. The molecular formula is C13H14BrNOS. The zero-order chi connectivity index (χ0) is 12.7. The first-order chi connectivity index (χ1) is 7.91. The molecule has 2 nitrogen and oxygen atoms in total. The highest BCUT2D eigenvalue weighted by Gasteiger charge is 2.19. The standard InChI is InChI=1S/C13H14BrNOS/c1-6-5-10(17-13(6)14)12(16)11-8(3)7(2)9(4)15-11/h5,15H,1-4H3. The second-order valence-electron chi connectivity index (χ2n) is 4.27. The summed E-state index contributed by atoms with van der Waals surface area (Å²) in [6.45, 7) is 8.01. The lowest BCUT2D eigenvalue weighted by Crippen LogP contribution is -2.01. The van der Waals surface area contributed by atoms with Crippen LogP contribution >= 0.6 is 27.3 Å². The Morgan fingerprint density at radius 1 is 1.24 bits per heavy atom. The van der Waals surface area contributed by atoms with Crippen LogP contribution in [0.15, 0.2) is 9.85 Å². The highest BCUT2D eigenvalue weighted by Crippen LogP contribution is 2.30. The van der Waals surface area contributed by atoms with Gasteiger partial charge in [0, 0.05) is 5.69 Å². The van der Waals surface area contributed by atoms with Gasteiger partial charge >= 0.3 is 0 Å². The monoisotopic (exact) mass is 311 g/mol. The molecule has 2 aromatic rings. The maximum absolute atomic E-state index is 12.4. The van der Waals surface area contributed by atoms with Crippen molar-refractivity contribution in [2.24, 2.45) is 0 Å². The van der Waals surface area contributed by atoms with E-state index in [0.717, 1.165) is 25.5 Å². The molecule has 0 aliphatic rings. The summed E-state index contributed by atoms with van der Waals surface area (Å²) < 4.78 is 1.03. The number of carbonyl (C=O) groups is 1. The fourth-order valence-corrected chi connectivity index (χ4v) is 3.25. The van der Waals surface area contributed by atoms with Crippen molar-refractivity contribution in [1.29, 1.82) is 0 Å². The number of aromatic nitrogens is 1. The molecule has 0 saturated carbocycles. The predicted molar refractivity (Wildman–Crippen MR) is 75.2 cm³/mol. The van der Waals surface area contributed by atoms with Crippen molar-refractivity contribution in [3.63, 3.8) is 0 Å². The second-order valence-corrected chi connectivity index (χ2v) is 6.64. The van der Waals surface area contributed by atoms with Gasteiger partial charge in [0.05, 0.1) is 14.4 Å². The fourth-order valence-electron chi connectivity index (χ4n) is 1.77. The predicted octanol–water partition coefficient (Wildman–Crippen LogP) is 4.30. The number of hydrogen-bond donors (Lipinski definition) is 1. The number of hydrogen-bond acceptors (Lipinski definition) is 2. The van der Waals surface area contributed by atoms with E-state index in [1.807, 2.05) is 33.8 Å². The van der Waals surface area contributed by atoms with Gasteiger partial charge in [-0.1, -0.05) is 0 Å². The molecule has 2 aromatic heterocycles. The van der Waals surface area contributed by atoms with E-state index in [-0.39, 0.29) is 5.78 Å². The van der Waals surface area contributed by atoms with Crippen molar-refractivity contribution in [1.82, 2.24) is 4.98 Å². The molecule has 0 aromatic carbocycles. The first-order valence-electron chi connectivity index (χ1n) is 5.38. The lowest BCUT2D eigenvalue weighted by Gasteiger charge is -1.96. The summed E-state index contributed by atoms with van der Waals surface area (Å²) in [5, 5.41) is 0. The van der Waals surface area contributed by atoms with Crippen molar-refractivity contribution < 1.29 is 4.79 Å². The zero-order valence-electron chi connectivity index (χ0n) is 10.3. The van der Waals surface area contributed by atoms with E-state index in [1.165, 1.54) is 16.9 Å². The number of halogens is 1. The topological polar surface area (TPSA) is 32.9 Å². The highest BCUT2D eigenvalue weighted by molar-refractivity contribution is 9.11. The number of ketones is 1. The minimum Gasteiger partial charge on any atom is -0.355 e. The van der Waals surface area contributed by atoms with E-state index >= 15 is 0 Å². The highest BCUT2D eigenvalue weighted by atomic mass is 79.9. The third-order valence-electron chi connectivity index (χ3n) is 3.12. The summed E-state index contributed by atoms with van der Waals surface area (Å²) >= 11 is 4.94. The fraction of sp³-hybridized carbons (Fsp3) is 0.308. The lowest BCUT2D eigenvalue weighted by atomic mass is 10.1. The number of aryl methyl sites for hydroxylation is 2. The molecule has 0 aliphatic carbocycles. The van der Waals surface area contributed by atoms with Crippen molar-refractivity contribution in [2.75, 3.05) is 0 Å². The van der Waals surface area contributed by atoms with Crippen molar-refractivity contribution in [3.05, 3.63) is 42.8 Å². The number of nitrogens with one attached hydrogen (secondary N) is 1. The summed E-state index contributed by atoms with van der Waals surface area (Å²) in [6, 6.07) is 1.93. The lowest BCUT2D eigenvalue weighted by molar-refractivity contribution is 0.103. The molecule has 0 saturated heterocycles. The molecule has 0 bridgehead atoms. The van der Waals surface area contributed by atoms with Gasteiger partial charge in [-0.3, -0.25) is 4.79 Å². The van der Waals surface area contributed by atoms with Gasteiger partial charge in [-0.2, -0.15) is 0 Å². The average molecular weight is 312 g/mol. The van der Waals surface area contributed by atoms with Crippen LogP contribution in [0.3, 0.4) is 0 Å². The van der Waals surface area contributed by atoms with E-state index in [1.54, 1.807) is 0 Å². The first kappa shape index (κ1) is 12.6. The molecule has 0 radical (unpaired) electrons. The smallest absolute Gasteiger partial charge is 0.219 e. The Morgan fingerprint density at radius 3 is 2.29 bits per heavy atom. The largest absolute Gasteiger partial charge is 0.355 e. The Balaban J connectivity index is 2.47. The van der Waals surface area contributed by atoms with Crippen molar-refractivity contribution in [3.8, 4) is 0 Å². The van der Waals surface area contributed by atoms with E-state index in [0.29, 0.717) is 5.69 Å². The Morgan fingerprint density at radius 2 is 1.88 bits per heavy atom. The summed E-state index contributed by atoms with van der Waals surface area (Å²) in [7, 11) is 0. The number of aromatic amines is 1. The molecular weight excluding hydrogens is 298 g/mol. The maximum atomic E-state index is 12.4. The van der Waals surface area contributed by atoms with E-state index in [9.17, 15) is 4.79 Å². The second kappa shape index (κ2) is 4.42. The zero-order valence-corrected chi connectivity index (χ0v) is 12.7. The van der Waals surface area contributed by atoms with Crippen LogP contribution in [0.5, 0.6) is 0 Å². The van der Waals surface area contributed by atoms with Crippen LogP contribution in [0.2, 0.25) is 0 Å². The Kier molecular flexibility index (Phi) is 3.27. The Bertz CT molecular complexity index is 575. The number of rotatable bonds is 2. The summed E-state index contributed by atoms with van der Waals surface area (Å²) in [4.78, 5) is 16.3. The molecule has 0 spiro atoms. The first-order valence-corrected chi connectivity index (χ1v) is 6.99. The van der Waals surface area contributed by atoms with Gasteiger partial charge in [-0.15, -0.1) is 11.3 Å². The van der Waals surface area contributed by atoms with E-state index < -0.39 is 0 Å². The Hall–Kier alpha value is -0.870. The Labute approximate surface area is 113 Å². The van der Waals surface area contributed by atoms with Crippen LogP contribution in [0.1, 0.15) is 37.7 Å². The summed E-state index contributed by atoms with van der Waals surface area (Å²) in [6.07, 6.45) is 0. The SMILES string of the molecule is Cc1cc(C(=O)c2[nH]c(C)c(C)c2C)sc1Br. The van der Waals surface area contributed by atoms with Gasteiger partial charge in [0.25, 0.3) is 0 Å². The van der Waals surface area contributed by atoms with E-state index in [2.05, 4.69) is 20.9 Å². The van der Waals surface area contributed by atoms with Gasteiger partial charge in [-0.05, 0) is 66.4 Å². The molecule has 0 amide bonds. The number of thiophene rings is 1. The molecule has 0 aliphatic heterocycles. The van der Waals surface area contributed by atoms with Crippen LogP contribution in [0.4, 0.5) is 0 Å². The minimum atomic E-state index is 0.0810. The molecule has 1 N–H and O–H groups in total. The summed E-state index contributed by atoms with van der Waals surface area (Å²) in [5.74, 6) is 0.0810. The van der Waals surface area contributed by atoms with Gasteiger partial charge in [-0.25, -0.2) is 0 Å². The number of H-pyrrole nitrogens is 1. The third kappa shape index (κ3) is 2.11. The minimum absolute atomic E-state index is 0.0810. The van der Waals surface area contributed by atoms with Gasteiger partial charge in [0.1, 0.15) is 0 Å². The quantitative estimate of drug-likeness (QED) is 0.824. The van der Waals surface area contributed by atoms with E-state index in [4.69, 9.17) is 0 Å². The average Bonchev–Trinajstić information content (AvgIpc) is 2.74. The van der Waals surface area contributed by atoms with Crippen LogP contribution in [-0.2, 0) is 0 Å². The molecule has 2 rings (SSSR count). The van der Waals surface area contributed by atoms with Gasteiger partial charge < -0.3 is 4.98 Å². The van der Waals surface area contributed by atoms with Crippen molar-refractivity contribution in [2.45, 2.75) is 27.7 Å². The maximum Gasteiger partial charge on any atom is 0.219 e. The molecule has 0 unspecified atom stereocenters. The molecule has 0 atom stereocenters. The van der Waals surface area contributed by atoms with Crippen LogP contribution in [-0.4, -0.2) is 10.8 Å². The molecule has 90 valence electrons. The third-order valence-corrected chi connectivity index (χ3v) is 5.26. The van der Waals surface area contributed by atoms with Crippen LogP contribution in [0.25, 0.3) is 0 Å². The number of carbonyl (C=O) groups excluding carboxylic acids is 1. The van der Waals surface area contributed by atoms with Crippen LogP contribution < -0.4 is 0 Å². The van der Waals surface area contributed by atoms with Gasteiger partial charge in [0.15, 0.2) is 0 Å². The summed E-state index contributed by atoms with van der Waals surface area (Å²) in [5.41, 5.74) is 5.11. The van der Waals surface area contributed by atoms with Crippen molar-refractivity contribution >= 4 is 33.0 Å². The normalized spacial score (nSPS) is 10.9.